The molecule has 0 spiro atoms. The second-order valence-corrected chi connectivity index (χ2v) is 5.62. The van der Waals surface area contributed by atoms with Crippen LogP contribution in [0.4, 0.5) is 11.4 Å². The van der Waals surface area contributed by atoms with Gasteiger partial charge in [-0.2, -0.15) is 5.10 Å². The van der Waals surface area contributed by atoms with Crippen molar-refractivity contribution in [2.75, 3.05) is 5.32 Å². The van der Waals surface area contributed by atoms with Crippen molar-refractivity contribution in [3.8, 4) is 0 Å². The van der Waals surface area contributed by atoms with E-state index in [0.29, 0.717) is 11.4 Å². The molecule has 6 nitrogen and oxygen atoms in total. The van der Waals surface area contributed by atoms with Crippen LogP contribution in [0.25, 0.3) is 0 Å². The molecule has 7 heteroatoms. The number of benzene rings is 2. The fourth-order valence-electron chi connectivity index (χ4n) is 2.32. The van der Waals surface area contributed by atoms with E-state index in [2.05, 4.69) is 20.8 Å². The molecule has 24 heavy (non-hydrogen) atoms. The Morgan fingerprint density at radius 2 is 1.88 bits per heavy atom. The average molecular weight is 337 g/mol. The van der Waals surface area contributed by atoms with Gasteiger partial charge in [0.1, 0.15) is 5.71 Å². The molecule has 0 aromatic heterocycles. The zero-order valence-electron chi connectivity index (χ0n) is 12.9. The number of carbonyl (C=O) groups excluding carboxylic acids is 1. The lowest BCUT2D eigenvalue weighted by Crippen LogP contribution is -2.25. The van der Waals surface area contributed by atoms with Crippen LogP contribution >= 0.6 is 12.2 Å². The van der Waals surface area contributed by atoms with Crippen molar-refractivity contribution < 1.29 is 4.79 Å². The maximum Gasteiger partial charge on any atom is 0.275 e. The van der Waals surface area contributed by atoms with Crippen LogP contribution in [-0.4, -0.2) is 22.4 Å². The van der Waals surface area contributed by atoms with Gasteiger partial charge >= 0.3 is 0 Å². The third kappa shape index (κ3) is 3.31. The van der Waals surface area contributed by atoms with Gasteiger partial charge < -0.3 is 11.1 Å². The number of carbonyl (C=O) groups is 1. The van der Waals surface area contributed by atoms with Gasteiger partial charge in [-0.1, -0.05) is 30.3 Å². The predicted molar refractivity (Wildman–Crippen MR) is 99.8 cm³/mol. The lowest BCUT2D eigenvalue weighted by molar-refractivity contribution is -0.110. The normalized spacial score (nSPS) is 15.1. The SMILES string of the molecule is C/C(=N\NC(N)=S)c1ccc(N=C2C(=O)Nc3ccccc32)cc1. The molecule has 0 radical (unpaired) electrons. The van der Waals surface area contributed by atoms with Crippen LogP contribution in [0.3, 0.4) is 0 Å². The van der Waals surface area contributed by atoms with Gasteiger partial charge in [0.05, 0.1) is 17.1 Å². The first-order chi connectivity index (χ1) is 11.5. The van der Waals surface area contributed by atoms with E-state index >= 15 is 0 Å². The molecule has 1 amide bonds. The Balaban J connectivity index is 1.86. The number of hydrogen-bond donors (Lipinski definition) is 3. The van der Waals surface area contributed by atoms with E-state index in [1.165, 1.54) is 0 Å². The fraction of sp³-hybridized carbons (Fsp3) is 0.0588. The van der Waals surface area contributed by atoms with Crippen molar-refractivity contribution in [3.63, 3.8) is 0 Å². The van der Waals surface area contributed by atoms with E-state index in [-0.39, 0.29) is 11.0 Å². The number of nitrogens with zero attached hydrogens (tertiary/aromatic N) is 2. The molecule has 1 aliphatic heterocycles. The number of thiocarbonyl (C=S) groups is 1. The Labute approximate surface area is 144 Å². The highest BCUT2D eigenvalue weighted by Gasteiger charge is 2.25. The summed E-state index contributed by atoms with van der Waals surface area (Å²) >= 11 is 4.71. The average Bonchev–Trinajstić information content (AvgIpc) is 2.89. The predicted octanol–water partition coefficient (Wildman–Crippen LogP) is 2.32. The molecular formula is C17H15N5OS. The van der Waals surface area contributed by atoms with Crippen LogP contribution in [0.1, 0.15) is 18.1 Å². The molecule has 0 saturated heterocycles. The quantitative estimate of drug-likeness (QED) is 0.455. The zero-order valence-corrected chi connectivity index (χ0v) is 13.7. The van der Waals surface area contributed by atoms with Gasteiger partial charge in [-0.15, -0.1) is 0 Å². The van der Waals surface area contributed by atoms with E-state index in [9.17, 15) is 4.79 Å². The molecule has 0 atom stereocenters. The molecule has 0 bridgehead atoms. The molecular weight excluding hydrogens is 322 g/mol. The number of aliphatic imine (C=N–C) groups is 1. The molecule has 4 N–H and O–H groups in total. The van der Waals surface area contributed by atoms with Gasteiger partial charge in [0, 0.05) is 5.56 Å². The minimum atomic E-state index is -0.196. The second kappa shape index (κ2) is 6.59. The summed E-state index contributed by atoms with van der Waals surface area (Å²) in [7, 11) is 0. The molecule has 1 aliphatic rings. The van der Waals surface area contributed by atoms with Crippen LogP contribution in [0.15, 0.2) is 58.6 Å². The van der Waals surface area contributed by atoms with Gasteiger partial charge in [0.2, 0.25) is 0 Å². The molecule has 3 rings (SSSR count). The summed E-state index contributed by atoms with van der Waals surface area (Å²) in [5, 5.41) is 6.99. The number of amides is 1. The second-order valence-electron chi connectivity index (χ2n) is 5.18. The third-order valence-electron chi connectivity index (χ3n) is 3.51. The van der Waals surface area contributed by atoms with E-state index < -0.39 is 0 Å². The van der Waals surface area contributed by atoms with Crippen LogP contribution < -0.4 is 16.5 Å². The van der Waals surface area contributed by atoms with Gasteiger partial charge in [-0.3, -0.25) is 10.2 Å². The minimum Gasteiger partial charge on any atom is -0.375 e. The standard InChI is InChI=1S/C17H15N5OS/c1-10(21-22-17(18)24)11-6-8-12(9-7-11)19-15-13-4-2-3-5-14(13)20-16(15)23/h2-9H,1H3,(H3,18,22,24)(H,19,20,23)/b21-10+. The molecule has 0 saturated carbocycles. The van der Waals surface area contributed by atoms with Gasteiger partial charge in [0.15, 0.2) is 5.11 Å². The highest BCUT2D eigenvalue weighted by atomic mass is 32.1. The van der Waals surface area contributed by atoms with E-state index in [0.717, 1.165) is 22.5 Å². The lowest BCUT2D eigenvalue weighted by Gasteiger charge is -2.03. The molecule has 2 aromatic rings. The first kappa shape index (κ1) is 15.8. The topological polar surface area (TPSA) is 91.9 Å². The van der Waals surface area contributed by atoms with Crippen LogP contribution in [-0.2, 0) is 4.79 Å². The number of rotatable bonds is 3. The molecule has 0 fully saturated rings. The molecule has 0 aliphatic carbocycles. The zero-order chi connectivity index (χ0) is 17.1. The fourth-order valence-corrected chi connectivity index (χ4v) is 2.37. The summed E-state index contributed by atoms with van der Waals surface area (Å²) < 4.78 is 0. The summed E-state index contributed by atoms with van der Waals surface area (Å²) in [5.74, 6) is -0.196. The van der Waals surface area contributed by atoms with Crippen molar-refractivity contribution in [1.82, 2.24) is 5.43 Å². The van der Waals surface area contributed by atoms with E-state index in [4.69, 9.17) is 18.0 Å². The first-order valence-corrected chi connectivity index (χ1v) is 7.65. The lowest BCUT2D eigenvalue weighted by atomic mass is 10.1. The number of hydrazone groups is 1. The maximum atomic E-state index is 12.1. The number of hydrogen-bond acceptors (Lipinski definition) is 4. The minimum absolute atomic E-state index is 0.114. The monoisotopic (exact) mass is 337 g/mol. The summed E-state index contributed by atoms with van der Waals surface area (Å²) in [6.07, 6.45) is 0. The third-order valence-corrected chi connectivity index (χ3v) is 3.60. The van der Waals surface area contributed by atoms with Crippen LogP contribution in [0.5, 0.6) is 0 Å². The molecule has 1 heterocycles. The Hall–Kier alpha value is -3.06. The number of anilines is 1. The highest BCUT2D eigenvalue weighted by Crippen LogP contribution is 2.25. The van der Waals surface area contributed by atoms with Gasteiger partial charge in [-0.05, 0) is 42.9 Å². The summed E-state index contributed by atoms with van der Waals surface area (Å²) in [6, 6.07) is 14.9. The van der Waals surface area contributed by atoms with Crippen molar-refractivity contribution >= 4 is 46.0 Å². The van der Waals surface area contributed by atoms with Crippen molar-refractivity contribution in [3.05, 3.63) is 59.7 Å². The Kier molecular flexibility index (Phi) is 4.35. The van der Waals surface area contributed by atoms with E-state index in [1.807, 2.05) is 55.5 Å². The molecule has 2 aromatic carbocycles. The van der Waals surface area contributed by atoms with Crippen molar-refractivity contribution in [2.45, 2.75) is 6.92 Å². The first-order valence-electron chi connectivity index (χ1n) is 7.24. The van der Waals surface area contributed by atoms with Gasteiger partial charge in [-0.25, -0.2) is 4.99 Å². The number of fused-ring (bicyclic) bond motifs is 1. The summed E-state index contributed by atoms with van der Waals surface area (Å²) in [4.78, 5) is 16.5. The number of nitrogens with two attached hydrogens (primary N) is 1. The molecule has 120 valence electrons. The molecule has 0 unspecified atom stereocenters. The maximum absolute atomic E-state index is 12.1. The number of nitrogens with one attached hydrogen (secondary N) is 2. The Morgan fingerprint density at radius 3 is 2.58 bits per heavy atom. The Morgan fingerprint density at radius 1 is 1.17 bits per heavy atom. The summed E-state index contributed by atoms with van der Waals surface area (Å²) in [5.41, 5.74) is 12.2. The Bertz CT molecular complexity index is 871. The van der Waals surface area contributed by atoms with E-state index in [1.54, 1.807) is 0 Å². The van der Waals surface area contributed by atoms with Crippen LogP contribution in [0, 0.1) is 0 Å². The number of para-hydroxylation sites is 1. The summed E-state index contributed by atoms with van der Waals surface area (Å²) in [6.45, 7) is 1.84. The van der Waals surface area contributed by atoms with Crippen LogP contribution in [0.2, 0.25) is 0 Å². The van der Waals surface area contributed by atoms with Crippen molar-refractivity contribution in [1.29, 1.82) is 0 Å². The highest BCUT2D eigenvalue weighted by molar-refractivity contribution is 7.80. The van der Waals surface area contributed by atoms with Crippen molar-refractivity contribution in [2.24, 2.45) is 15.8 Å². The van der Waals surface area contributed by atoms with Gasteiger partial charge in [0.25, 0.3) is 5.91 Å². The smallest absolute Gasteiger partial charge is 0.275 e. The largest absolute Gasteiger partial charge is 0.375 e.